The van der Waals surface area contributed by atoms with Crippen molar-refractivity contribution in [3.63, 3.8) is 0 Å². The smallest absolute Gasteiger partial charge is 0.323 e. The molecule has 5 nitrogen and oxygen atoms in total. The van der Waals surface area contributed by atoms with Gasteiger partial charge in [0.15, 0.2) is 5.82 Å². The Morgan fingerprint density at radius 3 is 3.00 bits per heavy atom. The first-order chi connectivity index (χ1) is 10.5. The number of anilines is 1. The number of amides is 2. The van der Waals surface area contributed by atoms with Crippen LogP contribution in [0.1, 0.15) is 19.3 Å². The number of carbonyl (C=O) groups is 1. The van der Waals surface area contributed by atoms with Gasteiger partial charge in [-0.25, -0.2) is 13.6 Å². The minimum absolute atomic E-state index is 0.0506. The maximum Gasteiger partial charge on any atom is 0.323 e. The van der Waals surface area contributed by atoms with Gasteiger partial charge in [0.2, 0.25) is 11.1 Å². The second-order valence-electron chi connectivity index (χ2n) is 5.06. The van der Waals surface area contributed by atoms with Gasteiger partial charge in [0, 0.05) is 48.4 Å². The van der Waals surface area contributed by atoms with Crippen molar-refractivity contribution < 1.29 is 13.6 Å². The molecule has 0 aliphatic carbocycles. The summed E-state index contributed by atoms with van der Waals surface area (Å²) >= 11 is 2.62. The summed E-state index contributed by atoms with van der Waals surface area (Å²) in [4.78, 5) is 17.8. The molecule has 0 saturated carbocycles. The highest BCUT2D eigenvalue weighted by atomic mass is 32.1. The van der Waals surface area contributed by atoms with E-state index >= 15 is 0 Å². The van der Waals surface area contributed by atoms with Crippen LogP contribution in [0.5, 0.6) is 0 Å². The van der Waals surface area contributed by atoms with Gasteiger partial charge in [-0.3, -0.25) is 5.32 Å². The average Bonchev–Trinajstić information content (AvgIpc) is 3.09. The Bertz CT molecular complexity index is 644. The van der Waals surface area contributed by atoms with Gasteiger partial charge in [-0.05, 0) is 17.9 Å². The van der Waals surface area contributed by atoms with Gasteiger partial charge in [0.1, 0.15) is 0 Å². The number of rotatable bonds is 2. The Labute approximate surface area is 134 Å². The maximum absolute atomic E-state index is 13.3. The molecule has 22 heavy (non-hydrogen) atoms. The van der Waals surface area contributed by atoms with E-state index in [1.165, 1.54) is 4.90 Å². The third-order valence-electron chi connectivity index (χ3n) is 3.42. The summed E-state index contributed by atoms with van der Waals surface area (Å²) in [6.07, 6.45) is -0.161. The lowest BCUT2D eigenvalue weighted by atomic mass is 10.1. The van der Waals surface area contributed by atoms with E-state index in [-0.39, 0.29) is 19.4 Å². The zero-order chi connectivity index (χ0) is 15.6. The van der Waals surface area contributed by atoms with Crippen LogP contribution in [0, 0.1) is 0 Å². The molecule has 0 unspecified atom stereocenters. The molecule has 1 aliphatic heterocycles. The molecule has 3 heterocycles. The zero-order valence-corrected chi connectivity index (χ0v) is 13.2. The van der Waals surface area contributed by atoms with Crippen LogP contribution in [0.25, 0.3) is 11.4 Å². The van der Waals surface area contributed by atoms with Crippen molar-refractivity contribution >= 4 is 34.0 Å². The van der Waals surface area contributed by atoms with Crippen molar-refractivity contribution in [2.75, 3.05) is 18.4 Å². The van der Waals surface area contributed by atoms with E-state index in [4.69, 9.17) is 0 Å². The summed E-state index contributed by atoms with van der Waals surface area (Å²) in [5.41, 5.74) is 0.899. The minimum Gasteiger partial charge on any atom is -0.324 e. The first-order valence-electron chi connectivity index (χ1n) is 6.83. The van der Waals surface area contributed by atoms with Gasteiger partial charge in [-0.2, -0.15) is 20.7 Å². The SMILES string of the molecule is O=C(Nc1nc(-c2ccsc2)ns1)N1CCCC(F)(F)CC1. The third kappa shape index (κ3) is 3.58. The van der Waals surface area contributed by atoms with Crippen LogP contribution in [0.2, 0.25) is 0 Å². The lowest BCUT2D eigenvalue weighted by molar-refractivity contribution is -0.0121. The summed E-state index contributed by atoms with van der Waals surface area (Å²) in [5.74, 6) is -2.12. The molecule has 9 heteroatoms. The quantitative estimate of drug-likeness (QED) is 0.898. The zero-order valence-electron chi connectivity index (χ0n) is 11.6. The Balaban J connectivity index is 1.62. The van der Waals surface area contributed by atoms with E-state index in [0.717, 1.165) is 17.1 Å². The number of halogens is 2. The number of hydrogen-bond acceptors (Lipinski definition) is 5. The molecule has 0 radical (unpaired) electrons. The molecule has 0 bridgehead atoms. The van der Waals surface area contributed by atoms with Crippen LogP contribution >= 0.6 is 22.9 Å². The summed E-state index contributed by atoms with van der Waals surface area (Å²) in [6.45, 7) is 0.382. The molecule has 1 N–H and O–H groups in total. The second kappa shape index (κ2) is 6.25. The highest BCUT2D eigenvalue weighted by molar-refractivity contribution is 7.10. The Morgan fingerprint density at radius 2 is 2.23 bits per heavy atom. The fraction of sp³-hybridized carbons (Fsp3) is 0.462. The number of alkyl halides is 2. The van der Waals surface area contributed by atoms with E-state index in [2.05, 4.69) is 14.7 Å². The second-order valence-corrected chi connectivity index (χ2v) is 6.59. The molecule has 1 saturated heterocycles. The number of urea groups is 1. The Morgan fingerprint density at radius 1 is 1.36 bits per heavy atom. The normalized spacial score (nSPS) is 18.0. The molecular formula is C13H14F2N4OS2. The van der Waals surface area contributed by atoms with Crippen LogP contribution in [-0.2, 0) is 0 Å². The minimum atomic E-state index is -2.68. The summed E-state index contributed by atoms with van der Waals surface area (Å²) < 4.78 is 30.8. The van der Waals surface area contributed by atoms with E-state index < -0.39 is 12.0 Å². The fourth-order valence-electron chi connectivity index (χ4n) is 2.22. The molecule has 2 amide bonds. The number of thiophene rings is 1. The first-order valence-corrected chi connectivity index (χ1v) is 8.55. The van der Waals surface area contributed by atoms with Crippen molar-refractivity contribution in [3.05, 3.63) is 16.8 Å². The number of nitrogens with zero attached hydrogens (tertiary/aromatic N) is 3. The Kier molecular flexibility index (Phi) is 4.34. The van der Waals surface area contributed by atoms with Crippen LogP contribution in [0.4, 0.5) is 18.7 Å². The number of aromatic nitrogens is 2. The van der Waals surface area contributed by atoms with Crippen molar-refractivity contribution in [1.82, 2.24) is 14.3 Å². The van der Waals surface area contributed by atoms with Crippen molar-refractivity contribution in [3.8, 4) is 11.4 Å². The number of likely N-dealkylation sites (tertiary alicyclic amines) is 1. The first kappa shape index (κ1) is 15.3. The molecular weight excluding hydrogens is 330 g/mol. The molecule has 0 atom stereocenters. The third-order valence-corrected chi connectivity index (χ3v) is 4.74. The topological polar surface area (TPSA) is 58.1 Å². The van der Waals surface area contributed by atoms with E-state index in [9.17, 15) is 13.6 Å². The molecule has 3 rings (SSSR count). The Hall–Kier alpha value is -1.61. The fourth-order valence-corrected chi connectivity index (χ4v) is 3.43. The summed E-state index contributed by atoms with van der Waals surface area (Å²) in [5, 5.41) is 6.86. The molecule has 0 spiro atoms. The molecule has 1 fully saturated rings. The molecule has 2 aromatic heterocycles. The number of nitrogens with one attached hydrogen (secondary N) is 1. The highest BCUT2D eigenvalue weighted by Gasteiger charge is 2.33. The predicted molar refractivity (Wildman–Crippen MR) is 82.6 cm³/mol. The monoisotopic (exact) mass is 344 g/mol. The van der Waals surface area contributed by atoms with E-state index in [1.54, 1.807) is 11.3 Å². The van der Waals surface area contributed by atoms with Gasteiger partial charge in [0.05, 0.1) is 0 Å². The highest BCUT2D eigenvalue weighted by Crippen LogP contribution is 2.28. The van der Waals surface area contributed by atoms with Crippen molar-refractivity contribution in [1.29, 1.82) is 0 Å². The largest absolute Gasteiger partial charge is 0.324 e. The van der Waals surface area contributed by atoms with Crippen LogP contribution in [0.15, 0.2) is 16.8 Å². The number of carbonyl (C=O) groups excluding carboxylic acids is 1. The maximum atomic E-state index is 13.3. The lowest BCUT2D eigenvalue weighted by Crippen LogP contribution is -2.36. The van der Waals surface area contributed by atoms with Crippen molar-refractivity contribution in [2.24, 2.45) is 0 Å². The molecule has 0 aromatic carbocycles. The van der Waals surface area contributed by atoms with E-state index in [0.29, 0.717) is 23.9 Å². The van der Waals surface area contributed by atoms with E-state index in [1.807, 2.05) is 16.8 Å². The van der Waals surface area contributed by atoms with Gasteiger partial charge in [-0.1, -0.05) is 0 Å². The predicted octanol–water partition coefficient (Wildman–Crippen LogP) is 3.92. The summed E-state index contributed by atoms with van der Waals surface area (Å²) in [7, 11) is 0. The standard InChI is InChI=1S/C13H14F2N4OS2/c14-13(15)3-1-5-19(6-4-13)12(20)17-11-16-10(18-22-11)9-2-7-21-8-9/h2,7-8H,1,3-6H2,(H,16,17,18,20). The van der Waals surface area contributed by atoms with Gasteiger partial charge in [-0.15, -0.1) is 0 Å². The van der Waals surface area contributed by atoms with Crippen LogP contribution in [0.3, 0.4) is 0 Å². The molecule has 118 valence electrons. The van der Waals surface area contributed by atoms with Gasteiger partial charge in [0.25, 0.3) is 0 Å². The van der Waals surface area contributed by atoms with Crippen LogP contribution in [-0.4, -0.2) is 39.3 Å². The van der Waals surface area contributed by atoms with Crippen LogP contribution < -0.4 is 5.32 Å². The summed E-state index contributed by atoms with van der Waals surface area (Å²) in [6, 6.07) is 1.50. The lowest BCUT2D eigenvalue weighted by Gasteiger charge is -2.19. The number of hydrogen-bond donors (Lipinski definition) is 1. The van der Waals surface area contributed by atoms with Gasteiger partial charge >= 0.3 is 6.03 Å². The van der Waals surface area contributed by atoms with Gasteiger partial charge < -0.3 is 4.90 Å². The molecule has 1 aliphatic rings. The molecule has 2 aromatic rings. The average molecular weight is 344 g/mol. The van der Waals surface area contributed by atoms with Crippen molar-refractivity contribution in [2.45, 2.75) is 25.2 Å².